The Hall–Kier alpha value is -1.29. The van der Waals surface area contributed by atoms with Crippen molar-refractivity contribution in [2.24, 2.45) is 5.41 Å². The van der Waals surface area contributed by atoms with Crippen LogP contribution in [0.2, 0.25) is 0 Å². The third-order valence-corrected chi connectivity index (χ3v) is 5.45. The number of carbonyl (C=O) groups excluding carboxylic acids is 1. The lowest BCUT2D eigenvalue weighted by atomic mass is 9.74. The number of likely N-dealkylation sites (tertiary alicyclic amines) is 1. The Morgan fingerprint density at radius 1 is 1.29 bits per heavy atom. The Labute approximate surface area is 126 Å². The van der Waals surface area contributed by atoms with Gasteiger partial charge in [-0.15, -0.1) is 0 Å². The van der Waals surface area contributed by atoms with Gasteiger partial charge in [-0.3, -0.25) is 4.79 Å². The van der Waals surface area contributed by atoms with Crippen LogP contribution in [-0.4, -0.2) is 41.6 Å². The molecular weight excluding hydrogens is 262 g/mol. The van der Waals surface area contributed by atoms with E-state index in [0.29, 0.717) is 11.5 Å². The molecule has 114 valence electrons. The summed E-state index contributed by atoms with van der Waals surface area (Å²) in [6.45, 7) is 4.09. The van der Waals surface area contributed by atoms with Gasteiger partial charge in [-0.2, -0.15) is 0 Å². The van der Waals surface area contributed by atoms with Crippen LogP contribution < -0.4 is 5.32 Å². The fraction of sp³-hybridized carbons (Fsp3) is 0.706. The van der Waals surface area contributed by atoms with E-state index in [1.165, 1.54) is 32.1 Å². The van der Waals surface area contributed by atoms with E-state index in [4.69, 9.17) is 0 Å². The third-order valence-electron chi connectivity index (χ3n) is 5.45. The maximum Gasteiger partial charge on any atom is 0.270 e. The van der Waals surface area contributed by atoms with Gasteiger partial charge in [-0.1, -0.05) is 0 Å². The van der Waals surface area contributed by atoms with E-state index < -0.39 is 0 Å². The van der Waals surface area contributed by atoms with Gasteiger partial charge in [0.2, 0.25) is 0 Å². The predicted octanol–water partition coefficient (Wildman–Crippen LogP) is 2.43. The van der Waals surface area contributed by atoms with E-state index in [1.807, 2.05) is 12.1 Å². The van der Waals surface area contributed by atoms with Crippen LogP contribution in [0.3, 0.4) is 0 Å². The highest BCUT2D eigenvalue weighted by Crippen LogP contribution is 2.38. The fourth-order valence-electron chi connectivity index (χ4n) is 4.17. The van der Waals surface area contributed by atoms with E-state index in [9.17, 15) is 4.79 Å². The van der Waals surface area contributed by atoms with Crippen LogP contribution >= 0.6 is 0 Å². The van der Waals surface area contributed by atoms with E-state index in [2.05, 4.69) is 21.0 Å². The maximum atomic E-state index is 12.9. The molecule has 21 heavy (non-hydrogen) atoms. The zero-order valence-electron chi connectivity index (χ0n) is 12.7. The second kappa shape index (κ2) is 5.16. The molecular formula is C17H25N3O. The molecule has 3 aliphatic rings. The van der Waals surface area contributed by atoms with Gasteiger partial charge in [0.15, 0.2) is 0 Å². The molecule has 0 aromatic carbocycles. The molecule has 0 radical (unpaired) electrons. The first-order chi connectivity index (χ1) is 10.3. The minimum absolute atomic E-state index is 0.247. The number of amides is 1. The number of nitrogens with zero attached hydrogens (tertiary/aromatic N) is 2. The van der Waals surface area contributed by atoms with Crippen LogP contribution in [0.4, 0.5) is 0 Å². The number of piperidine rings is 2. The summed E-state index contributed by atoms with van der Waals surface area (Å²) in [5.74, 6) is 0.247. The number of aromatic nitrogens is 1. The zero-order valence-corrected chi connectivity index (χ0v) is 12.7. The van der Waals surface area contributed by atoms with Crippen molar-refractivity contribution >= 4 is 5.91 Å². The predicted molar refractivity (Wildman–Crippen MR) is 82.4 cm³/mol. The summed E-state index contributed by atoms with van der Waals surface area (Å²) in [5.41, 5.74) is 1.24. The fourth-order valence-corrected chi connectivity index (χ4v) is 4.17. The Bertz CT molecular complexity index is 520. The van der Waals surface area contributed by atoms with Crippen molar-refractivity contribution < 1.29 is 4.79 Å². The van der Waals surface area contributed by atoms with Crippen LogP contribution in [0, 0.1) is 5.41 Å². The van der Waals surface area contributed by atoms with E-state index >= 15 is 0 Å². The number of carbonyl (C=O) groups is 1. The minimum Gasteiger partial charge on any atom is -0.340 e. The van der Waals surface area contributed by atoms with Crippen molar-refractivity contribution in [1.29, 1.82) is 0 Å². The molecule has 1 amide bonds. The van der Waals surface area contributed by atoms with Gasteiger partial charge >= 0.3 is 0 Å². The van der Waals surface area contributed by atoms with Gasteiger partial charge in [-0.05, 0) is 57.2 Å². The molecule has 4 nitrogen and oxygen atoms in total. The summed E-state index contributed by atoms with van der Waals surface area (Å²) in [5, 5.41) is 3.54. The third kappa shape index (κ3) is 2.50. The van der Waals surface area contributed by atoms with Gasteiger partial charge in [0.25, 0.3) is 5.91 Å². The number of rotatable bonds is 2. The summed E-state index contributed by atoms with van der Waals surface area (Å²) in [4.78, 5) is 15.0. The lowest BCUT2D eigenvalue weighted by Gasteiger charge is -2.45. The largest absolute Gasteiger partial charge is 0.340 e. The average molecular weight is 287 g/mol. The van der Waals surface area contributed by atoms with Crippen molar-refractivity contribution in [2.75, 3.05) is 26.2 Å². The van der Waals surface area contributed by atoms with Crippen molar-refractivity contribution in [3.63, 3.8) is 0 Å². The standard InChI is InChI=1S/C17H25N3O/c21-16(15-4-1-11-20(15)14-5-6-14)19-10-3-8-17(13-19)7-2-9-18-12-17/h1,4,11,14,18H,2-3,5-10,12-13H2. The molecule has 3 fully saturated rings. The minimum atomic E-state index is 0.247. The Morgan fingerprint density at radius 2 is 2.14 bits per heavy atom. The first-order valence-corrected chi connectivity index (χ1v) is 8.44. The summed E-state index contributed by atoms with van der Waals surface area (Å²) < 4.78 is 2.20. The van der Waals surface area contributed by atoms with E-state index in [-0.39, 0.29) is 5.91 Å². The average Bonchev–Trinajstić information content (AvgIpc) is 3.24. The molecule has 1 aromatic rings. The molecule has 1 aromatic heterocycles. The molecule has 1 aliphatic carbocycles. The van der Waals surface area contributed by atoms with E-state index in [0.717, 1.165) is 38.3 Å². The van der Waals surface area contributed by atoms with Crippen molar-refractivity contribution in [3.05, 3.63) is 24.0 Å². The van der Waals surface area contributed by atoms with Gasteiger partial charge < -0.3 is 14.8 Å². The normalized spacial score (nSPS) is 29.8. The number of nitrogens with one attached hydrogen (secondary N) is 1. The number of hydrogen-bond donors (Lipinski definition) is 1. The van der Waals surface area contributed by atoms with Crippen LogP contribution in [0.15, 0.2) is 18.3 Å². The van der Waals surface area contributed by atoms with E-state index in [1.54, 1.807) is 0 Å². The Kier molecular flexibility index (Phi) is 3.29. The quantitative estimate of drug-likeness (QED) is 0.907. The molecule has 4 rings (SSSR count). The Balaban J connectivity index is 1.52. The van der Waals surface area contributed by atoms with Crippen LogP contribution in [0.5, 0.6) is 0 Å². The van der Waals surface area contributed by atoms with Crippen LogP contribution in [0.1, 0.15) is 55.1 Å². The summed E-state index contributed by atoms with van der Waals surface area (Å²) in [6.07, 6.45) is 9.47. The van der Waals surface area contributed by atoms with Crippen LogP contribution in [0.25, 0.3) is 0 Å². The molecule has 2 aliphatic heterocycles. The Morgan fingerprint density at radius 3 is 2.90 bits per heavy atom. The van der Waals surface area contributed by atoms with Gasteiger partial charge in [0, 0.05) is 37.3 Å². The molecule has 1 N–H and O–H groups in total. The highest BCUT2D eigenvalue weighted by molar-refractivity contribution is 5.93. The lowest BCUT2D eigenvalue weighted by molar-refractivity contribution is 0.0425. The maximum absolute atomic E-state index is 12.9. The SMILES string of the molecule is O=C(c1cccn1C1CC1)N1CCCC2(CCCNC2)C1. The molecule has 1 unspecified atom stereocenters. The smallest absolute Gasteiger partial charge is 0.270 e. The second-order valence-corrected chi connectivity index (χ2v) is 7.14. The molecule has 1 spiro atoms. The molecule has 2 saturated heterocycles. The molecule has 3 heterocycles. The first kappa shape index (κ1) is 13.4. The molecule has 1 atom stereocenters. The zero-order chi connectivity index (χ0) is 14.3. The van der Waals surface area contributed by atoms with Crippen molar-refractivity contribution in [1.82, 2.24) is 14.8 Å². The summed E-state index contributed by atoms with van der Waals surface area (Å²) in [6, 6.07) is 4.60. The van der Waals surface area contributed by atoms with Gasteiger partial charge in [0.1, 0.15) is 5.69 Å². The highest BCUT2D eigenvalue weighted by Gasteiger charge is 2.39. The number of hydrogen-bond acceptors (Lipinski definition) is 2. The summed E-state index contributed by atoms with van der Waals surface area (Å²) >= 11 is 0. The van der Waals surface area contributed by atoms with Crippen molar-refractivity contribution in [3.8, 4) is 0 Å². The van der Waals surface area contributed by atoms with Gasteiger partial charge in [-0.25, -0.2) is 0 Å². The summed E-state index contributed by atoms with van der Waals surface area (Å²) in [7, 11) is 0. The molecule has 0 bridgehead atoms. The topological polar surface area (TPSA) is 37.3 Å². The lowest BCUT2D eigenvalue weighted by Crippen LogP contribution is -2.52. The monoisotopic (exact) mass is 287 g/mol. The highest BCUT2D eigenvalue weighted by atomic mass is 16.2. The van der Waals surface area contributed by atoms with Crippen LogP contribution in [-0.2, 0) is 0 Å². The second-order valence-electron chi connectivity index (χ2n) is 7.14. The first-order valence-electron chi connectivity index (χ1n) is 8.44. The molecule has 4 heteroatoms. The van der Waals surface area contributed by atoms with Crippen molar-refractivity contribution in [2.45, 2.75) is 44.6 Å². The van der Waals surface area contributed by atoms with Gasteiger partial charge in [0.05, 0.1) is 0 Å². The molecule has 1 saturated carbocycles.